The van der Waals surface area contributed by atoms with Gasteiger partial charge in [0.1, 0.15) is 0 Å². The van der Waals surface area contributed by atoms with Gasteiger partial charge < -0.3 is 19.6 Å². The molecule has 0 fully saturated rings. The lowest BCUT2D eigenvalue weighted by Crippen LogP contribution is -2.41. The molecule has 0 aromatic heterocycles. The van der Waals surface area contributed by atoms with Crippen LogP contribution in [0.5, 0.6) is 0 Å². The van der Waals surface area contributed by atoms with E-state index in [-0.39, 0.29) is 25.0 Å². The number of aliphatic hydroxyl groups is 1. The lowest BCUT2D eigenvalue weighted by molar-refractivity contribution is -0.139. The normalized spacial score (nSPS) is 10.2. The standard InChI is InChI=1S/C12H24N2O4/c1-13(2)12(17)10-14(7-9-18-3)11(16)6-4-5-8-15/h15H,4-10H2,1-3H3. The summed E-state index contributed by atoms with van der Waals surface area (Å²) in [4.78, 5) is 26.5. The largest absolute Gasteiger partial charge is 0.396 e. The summed E-state index contributed by atoms with van der Waals surface area (Å²) in [5.74, 6) is -0.183. The maximum Gasteiger partial charge on any atom is 0.241 e. The number of ether oxygens (including phenoxy) is 1. The van der Waals surface area contributed by atoms with E-state index < -0.39 is 0 Å². The summed E-state index contributed by atoms with van der Waals surface area (Å²) in [6, 6.07) is 0. The smallest absolute Gasteiger partial charge is 0.241 e. The van der Waals surface area contributed by atoms with Crippen LogP contribution in [0.2, 0.25) is 0 Å². The average Bonchev–Trinajstić information content (AvgIpc) is 2.34. The zero-order chi connectivity index (χ0) is 14.0. The maximum absolute atomic E-state index is 11.9. The monoisotopic (exact) mass is 260 g/mol. The van der Waals surface area contributed by atoms with E-state index in [1.165, 1.54) is 9.80 Å². The molecule has 0 atom stereocenters. The van der Waals surface area contributed by atoms with Crippen molar-refractivity contribution in [2.45, 2.75) is 19.3 Å². The van der Waals surface area contributed by atoms with Crippen molar-refractivity contribution < 1.29 is 19.4 Å². The van der Waals surface area contributed by atoms with Crippen LogP contribution in [0.4, 0.5) is 0 Å². The Labute approximate surface area is 109 Å². The molecule has 0 rings (SSSR count). The predicted octanol–water partition coefficient (Wildman–Crippen LogP) is -0.288. The number of aliphatic hydroxyl groups excluding tert-OH is 1. The average molecular weight is 260 g/mol. The predicted molar refractivity (Wildman–Crippen MR) is 68.1 cm³/mol. The van der Waals surface area contributed by atoms with E-state index in [0.29, 0.717) is 32.4 Å². The van der Waals surface area contributed by atoms with Crippen LogP contribution in [-0.2, 0) is 14.3 Å². The van der Waals surface area contributed by atoms with Crippen molar-refractivity contribution in [1.29, 1.82) is 0 Å². The summed E-state index contributed by atoms with van der Waals surface area (Å²) < 4.78 is 4.93. The van der Waals surface area contributed by atoms with Gasteiger partial charge >= 0.3 is 0 Å². The minimum Gasteiger partial charge on any atom is -0.396 e. The number of rotatable bonds is 9. The highest BCUT2D eigenvalue weighted by Crippen LogP contribution is 2.01. The van der Waals surface area contributed by atoms with Gasteiger partial charge in [0.05, 0.1) is 13.2 Å². The highest BCUT2D eigenvalue weighted by Gasteiger charge is 2.17. The van der Waals surface area contributed by atoms with Crippen LogP contribution in [0, 0.1) is 0 Å². The summed E-state index contributed by atoms with van der Waals surface area (Å²) in [6.07, 6.45) is 1.59. The zero-order valence-corrected chi connectivity index (χ0v) is 11.5. The number of methoxy groups -OCH3 is 1. The van der Waals surface area contributed by atoms with Crippen molar-refractivity contribution in [3.63, 3.8) is 0 Å². The minimum absolute atomic E-state index is 0.0734. The second-order valence-electron chi connectivity index (χ2n) is 4.28. The molecule has 0 heterocycles. The van der Waals surface area contributed by atoms with Gasteiger partial charge in [-0.3, -0.25) is 9.59 Å². The summed E-state index contributed by atoms with van der Waals surface area (Å²) in [5, 5.41) is 8.67. The first kappa shape index (κ1) is 16.9. The van der Waals surface area contributed by atoms with Crippen LogP contribution in [0.1, 0.15) is 19.3 Å². The fourth-order valence-corrected chi connectivity index (χ4v) is 1.34. The van der Waals surface area contributed by atoms with Gasteiger partial charge in [0, 0.05) is 40.8 Å². The van der Waals surface area contributed by atoms with Crippen LogP contribution in [0.25, 0.3) is 0 Å². The number of hydrogen-bond acceptors (Lipinski definition) is 4. The van der Waals surface area contributed by atoms with E-state index in [9.17, 15) is 9.59 Å². The van der Waals surface area contributed by atoms with E-state index in [4.69, 9.17) is 9.84 Å². The first-order chi connectivity index (χ1) is 8.52. The molecule has 106 valence electrons. The number of hydrogen-bond donors (Lipinski definition) is 1. The van der Waals surface area contributed by atoms with Crippen molar-refractivity contribution in [1.82, 2.24) is 9.80 Å². The molecular weight excluding hydrogens is 236 g/mol. The second kappa shape index (κ2) is 9.85. The number of amides is 2. The Hall–Kier alpha value is -1.14. The van der Waals surface area contributed by atoms with Gasteiger partial charge in [-0.05, 0) is 12.8 Å². The van der Waals surface area contributed by atoms with Crippen LogP contribution in [0.15, 0.2) is 0 Å². The van der Waals surface area contributed by atoms with Crippen molar-refractivity contribution >= 4 is 11.8 Å². The lowest BCUT2D eigenvalue weighted by Gasteiger charge is -2.23. The first-order valence-corrected chi connectivity index (χ1v) is 6.10. The highest BCUT2D eigenvalue weighted by molar-refractivity contribution is 5.84. The molecule has 0 aromatic carbocycles. The summed E-state index contributed by atoms with van der Waals surface area (Å²) >= 11 is 0. The number of likely N-dealkylation sites (N-methyl/N-ethyl adjacent to an activating group) is 1. The van der Waals surface area contributed by atoms with Crippen molar-refractivity contribution in [3.8, 4) is 0 Å². The topological polar surface area (TPSA) is 70.1 Å². The highest BCUT2D eigenvalue weighted by atomic mass is 16.5. The molecule has 2 amide bonds. The first-order valence-electron chi connectivity index (χ1n) is 6.10. The Morgan fingerprint density at radius 2 is 1.83 bits per heavy atom. The van der Waals surface area contributed by atoms with E-state index in [1.807, 2.05) is 0 Å². The molecule has 18 heavy (non-hydrogen) atoms. The maximum atomic E-state index is 11.9. The molecule has 0 aliphatic heterocycles. The van der Waals surface area contributed by atoms with Gasteiger partial charge in [-0.25, -0.2) is 0 Å². The molecule has 0 bridgehead atoms. The molecular formula is C12H24N2O4. The third kappa shape index (κ3) is 7.24. The van der Waals surface area contributed by atoms with E-state index in [1.54, 1.807) is 21.2 Å². The van der Waals surface area contributed by atoms with Crippen LogP contribution >= 0.6 is 0 Å². The molecule has 1 N–H and O–H groups in total. The molecule has 0 aliphatic rings. The van der Waals surface area contributed by atoms with Crippen LogP contribution in [-0.4, -0.2) is 74.2 Å². The third-order valence-electron chi connectivity index (χ3n) is 2.54. The Morgan fingerprint density at radius 1 is 1.17 bits per heavy atom. The summed E-state index contributed by atoms with van der Waals surface area (Å²) in [5.41, 5.74) is 0. The van der Waals surface area contributed by atoms with Gasteiger partial charge in [-0.2, -0.15) is 0 Å². The van der Waals surface area contributed by atoms with Crippen molar-refractivity contribution in [3.05, 3.63) is 0 Å². The molecule has 0 aromatic rings. The summed E-state index contributed by atoms with van der Waals surface area (Å²) in [7, 11) is 4.88. The number of carbonyl (C=O) groups excluding carboxylic acids is 2. The fraction of sp³-hybridized carbons (Fsp3) is 0.833. The zero-order valence-electron chi connectivity index (χ0n) is 11.5. The van der Waals surface area contributed by atoms with E-state index in [2.05, 4.69) is 0 Å². The number of unbranched alkanes of at least 4 members (excludes halogenated alkanes) is 1. The van der Waals surface area contributed by atoms with E-state index in [0.717, 1.165) is 0 Å². The Kier molecular flexibility index (Phi) is 9.22. The molecule has 0 radical (unpaired) electrons. The van der Waals surface area contributed by atoms with Crippen molar-refractivity contribution in [2.24, 2.45) is 0 Å². The van der Waals surface area contributed by atoms with Crippen LogP contribution in [0.3, 0.4) is 0 Å². The molecule has 0 spiro atoms. The minimum atomic E-state index is -0.110. The van der Waals surface area contributed by atoms with Gasteiger partial charge in [-0.15, -0.1) is 0 Å². The molecule has 6 nitrogen and oxygen atoms in total. The SMILES string of the molecule is COCCN(CC(=O)N(C)C)C(=O)CCCCO. The van der Waals surface area contributed by atoms with Gasteiger partial charge in [-0.1, -0.05) is 0 Å². The molecule has 0 unspecified atom stereocenters. The van der Waals surface area contributed by atoms with Gasteiger partial charge in [0.15, 0.2) is 0 Å². The Morgan fingerprint density at radius 3 is 2.33 bits per heavy atom. The third-order valence-corrected chi connectivity index (χ3v) is 2.54. The molecule has 6 heteroatoms. The Bertz CT molecular complexity index is 256. The second-order valence-corrected chi connectivity index (χ2v) is 4.28. The molecule has 0 saturated heterocycles. The van der Waals surface area contributed by atoms with E-state index >= 15 is 0 Å². The van der Waals surface area contributed by atoms with Gasteiger partial charge in [0.2, 0.25) is 11.8 Å². The molecule has 0 aliphatic carbocycles. The van der Waals surface area contributed by atoms with Crippen molar-refractivity contribution in [2.75, 3.05) is 47.5 Å². The fourth-order valence-electron chi connectivity index (χ4n) is 1.34. The number of nitrogens with zero attached hydrogens (tertiary/aromatic N) is 2. The van der Waals surface area contributed by atoms with Gasteiger partial charge in [0.25, 0.3) is 0 Å². The quantitative estimate of drug-likeness (QED) is 0.578. The van der Waals surface area contributed by atoms with Crippen LogP contribution < -0.4 is 0 Å². The lowest BCUT2D eigenvalue weighted by atomic mass is 10.2. The Balaban J connectivity index is 4.27. The number of carbonyl (C=O) groups is 2. The summed E-state index contributed by atoms with van der Waals surface area (Å²) in [6.45, 7) is 0.983. The molecule has 0 saturated carbocycles.